The van der Waals surface area contributed by atoms with Gasteiger partial charge in [0.1, 0.15) is 5.01 Å². The Hall–Kier alpha value is -1.26. The zero-order valence-corrected chi connectivity index (χ0v) is 14.0. The fraction of sp³-hybridized carbons (Fsp3) is 0.529. The predicted molar refractivity (Wildman–Crippen MR) is 88.1 cm³/mol. The van der Waals surface area contributed by atoms with E-state index in [1.54, 1.807) is 11.3 Å². The number of aromatic nitrogens is 2. The van der Waals surface area contributed by atoms with Gasteiger partial charge >= 0.3 is 0 Å². The van der Waals surface area contributed by atoms with E-state index in [-0.39, 0.29) is 0 Å². The maximum Gasteiger partial charge on any atom is 0.142 e. The summed E-state index contributed by atoms with van der Waals surface area (Å²) in [6, 6.07) is 5.93. The van der Waals surface area contributed by atoms with Crippen molar-refractivity contribution in [2.45, 2.75) is 34.2 Å². The highest BCUT2D eigenvalue weighted by Crippen LogP contribution is 2.67. The molecule has 3 nitrogen and oxygen atoms in total. The number of thiazole rings is 1. The molecule has 0 unspecified atom stereocenters. The van der Waals surface area contributed by atoms with Gasteiger partial charge in [-0.25, -0.2) is 4.98 Å². The molecule has 2 aromatic rings. The molecule has 2 aromatic heterocycles. The Morgan fingerprint density at radius 3 is 2.57 bits per heavy atom. The summed E-state index contributed by atoms with van der Waals surface area (Å²) in [7, 11) is 0. The minimum atomic E-state index is 0.446. The summed E-state index contributed by atoms with van der Waals surface area (Å²) in [5, 5.41) is 6.69. The monoisotopic (exact) mass is 301 g/mol. The summed E-state index contributed by atoms with van der Waals surface area (Å²) in [6.45, 7) is 11.4. The molecule has 1 aliphatic rings. The summed E-state index contributed by atoms with van der Waals surface area (Å²) in [6.07, 6.45) is 1.81. The van der Waals surface area contributed by atoms with Gasteiger partial charge in [0.2, 0.25) is 0 Å². The van der Waals surface area contributed by atoms with Crippen LogP contribution in [0.3, 0.4) is 0 Å². The van der Waals surface area contributed by atoms with Gasteiger partial charge in [0, 0.05) is 18.1 Å². The first-order chi connectivity index (χ1) is 9.93. The lowest BCUT2D eigenvalue weighted by molar-refractivity contribution is 0.457. The van der Waals surface area contributed by atoms with Gasteiger partial charge in [-0.05, 0) is 35.4 Å². The van der Waals surface area contributed by atoms with Crippen LogP contribution in [0, 0.1) is 16.7 Å². The van der Waals surface area contributed by atoms with Gasteiger partial charge in [0.15, 0.2) is 0 Å². The third-order valence-corrected chi connectivity index (χ3v) is 6.32. The van der Waals surface area contributed by atoms with Gasteiger partial charge < -0.3 is 5.32 Å². The van der Waals surface area contributed by atoms with E-state index < -0.39 is 0 Å². The molecule has 0 amide bonds. The van der Waals surface area contributed by atoms with Crippen LogP contribution in [0.5, 0.6) is 0 Å². The predicted octanol–water partition coefficient (Wildman–Crippen LogP) is 3.98. The third kappa shape index (κ3) is 2.62. The average Bonchev–Trinajstić information content (AvgIpc) is 2.83. The molecule has 4 heteroatoms. The number of nitrogens with zero attached hydrogens (tertiary/aromatic N) is 2. The SMILES string of the molecule is CC1(C)C(CNCc2csc(-c3ccccn3)n2)C1(C)C. The highest BCUT2D eigenvalue weighted by atomic mass is 32.1. The Morgan fingerprint density at radius 2 is 1.95 bits per heavy atom. The molecule has 0 atom stereocenters. The zero-order valence-electron chi connectivity index (χ0n) is 13.2. The minimum absolute atomic E-state index is 0.446. The van der Waals surface area contributed by atoms with Crippen LogP contribution in [0.4, 0.5) is 0 Å². The molecule has 3 rings (SSSR count). The van der Waals surface area contributed by atoms with Crippen molar-refractivity contribution in [2.75, 3.05) is 6.54 Å². The van der Waals surface area contributed by atoms with E-state index in [0.29, 0.717) is 10.8 Å². The minimum Gasteiger partial charge on any atom is -0.311 e. The maximum atomic E-state index is 4.66. The lowest BCUT2D eigenvalue weighted by Crippen LogP contribution is -2.19. The standard InChI is InChI=1S/C17H23N3S/c1-16(2)14(17(16,3)4)10-18-9-12-11-21-15(20-12)13-7-5-6-8-19-13/h5-8,11,14,18H,9-10H2,1-4H3. The Labute approximate surface area is 130 Å². The molecule has 112 valence electrons. The van der Waals surface area contributed by atoms with Gasteiger partial charge in [-0.1, -0.05) is 33.8 Å². The maximum absolute atomic E-state index is 4.66. The highest BCUT2D eigenvalue weighted by Gasteiger charge is 2.63. The first-order valence-corrected chi connectivity index (χ1v) is 8.37. The van der Waals surface area contributed by atoms with Crippen molar-refractivity contribution in [3.63, 3.8) is 0 Å². The summed E-state index contributed by atoms with van der Waals surface area (Å²) in [4.78, 5) is 9.01. The van der Waals surface area contributed by atoms with Gasteiger partial charge in [-0.15, -0.1) is 11.3 Å². The normalized spacial score (nSPS) is 19.6. The fourth-order valence-electron chi connectivity index (χ4n) is 3.18. The Kier molecular flexibility index (Phi) is 3.62. The number of pyridine rings is 1. The van der Waals surface area contributed by atoms with E-state index in [2.05, 4.69) is 48.4 Å². The molecule has 0 bridgehead atoms. The molecule has 21 heavy (non-hydrogen) atoms. The summed E-state index contributed by atoms with van der Waals surface area (Å²) >= 11 is 1.66. The number of hydrogen-bond acceptors (Lipinski definition) is 4. The van der Waals surface area contributed by atoms with Crippen molar-refractivity contribution in [1.29, 1.82) is 0 Å². The molecule has 0 saturated heterocycles. The molecular formula is C17H23N3S. The molecule has 2 heterocycles. The van der Waals surface area contributed by atoms with Crippen molar-refractivity contribution in [3.8, 4) is 10.7 Å². The van der Waals surface area contributed by atoms with E-state index in [1.807, 2.05) is 24.4 Å². The van der Waals surface area contributed by atoms with E-state index in [0.717, 1.165) is 35.4 Å². The summed E-state index contributed by atoms with van der Waals surface area (Å²) in [5.74, 6) is 0.749. The van der Waals surface area contributed by atoms with Crippen LogP contribution >= 0.6 is 11.3 Å². The molecule has 0 spiro atoms. The van der Waals surface area contributed by atoms with Crippen molar-refractivity contribution >= 4 is 11.3 Å². The van der Waals surface area contributed by atoms with Crippen LogP contribution in [0.15, 0.2) is 29.8 Å². The molecule has 1 aliphatic carbocycles. The lowest BCUT2D eigenvalue weighted by atomic mass is 10.0. The van der Waals surface area contributed by atoms with Crippen molar-refractivity contribution in [3.05, 3.63) is 35.5 Å². The summed E-state index contributed by atoms with van der Waals surface area (Å²) < 4.78 is 0. The van der Waals surface area contributed by atoms with Crippen LogP contribution in [-0.4, -0.2) is 16.5 Å². The second-order valence-corrected chi connectivity index (χ2v) is 7.84. The number of hydrogen-bond donors (Lipinski definition) is 1. The van der Waals surface area contributed by atoms with E-state index in [9.17, 15) is 0 Å². The average molecular weight is 301 g/mol. The van der Waals surface area contributed by atoms with Crippen molar-refractivity contribution in [1.82, 2.24) is 15.3 Å². The third-order valence-electron chi connectivity index (χ3n) is 5.41. The van der Waals surface area contributed by atoms with Gasteiger partial charge in [-0.2, -0.15) is 0 Å². The first-order valence-electron chi connectivity index (χ1n) is 7.49. The molecule has 0 radical (unpaired) electrons. The second kappa shape index (κ2) is 5.18. The zero-order chi connectivity index (χ0) is 15.1. The molecule has 0 aromatic carbocycles. The van der Waals surface area contributed by atoms with Crippen molar-refractivity contribution < 1.29 is 0 Å². The smallest absolute Gasteiger partial charge is 0.142 e. The Morgan fingerprint density at radius 1 is 1.19 bits per heavy atom. The molecule has 1 saturated carbocycles. The summed E-state index contributed by atoms with van der Waals surface area (Å²) in [5.41, 5.74) is 2.96. The Balaban J connectivity index is 1.55. The van der Waals surface area contributed by atoms with Gasteiger partial charge in [0.05, 0.1) is 11.4 Å². The fourth-order valence-corrected chi connectivity index (χ4v) is 3.98. The first kappa shape index (κ1) is 14.7. The van der Waals surface area contributed by atoms with Gasteiger partial charge in [0.25, 0.3) is 0 Å². The highest BCUT2D eigenvalue weighted by molar-refractivity contribution is 7.13. The largest absolute Gasteiger partial charge is 0.311 e. The second-order valence-electron chi connectivity index (χ2n) is 6.99. The van der Waals surface area contributed by atoms with E-state index in [1.165, 1.54) is 0 Å². The molecular weight excluding hydrogens is 278 g/mol. The van der Waals surface area contributed by atoms with Crippen LogP contribution in [0.25, 0.3) is 10.7 Å². The Bertz CT molecular complexity index is 602. The number of rotatable bonds is 5. The van der Waals surface area contributed by atoms with Crippen molar-refractivity contribution in [2.24, 2.45) is 16.7 Å². The molecule has 1 N–H and O–H groups in total. The van der Waals surface area contributed by atoms with Gasteiger partial charge in [-0.3, -0.25) is 4.98 Å². The molecule has 0 aliphatic heterocycles. The lowest BCUT2D eigenvalue weighted by Gasteiger charge is -2.04. The van der Waals surface area contributed by atoms with Crippen LogP contribution in [-0.2, 0) is 6.54 Å². The number of nitrogens with one attached hydrogen (secondary N) is 1. The topological polar surface area (TPSA) is 37.8 Å². The van der Waals surface area contributed by atoms with Crippen LogP contribution < -0.4 is 5.32 Å². The van der Waals surface area contributed by atoms with E-state index >= 15 is 0 Å². The van der Waals surface area contributed by atoms with Crippen LogP contribution in [0.1, 0.15) is 33.4 Å². The quantitative estimate of drug-likeness (QED) is 0.908. The van der Waals surface area contributed by atoms with E-state index in [4.69, 9.17) is 0 Å². The van der Waals surface area contributed by atoms with Crippen LogP contribution in [0.2, 0.25) is 0 Å². The molecule has 1 fully saturated rings.